The number of aromatic nitrogens is 2. The molecule has 0 aliphatic rings. The van der Waals surface area contributed by atoms with Crippen LogP contribution >= 0.6 is 0 Å². The van der Waals surface area contributed by atoms with E-state index in [-0.39, 0.29) is 17.3 Å². The molecule has 0 saturated carbocycles. The van der Waals surface area contributed by atoms with Crippen LogP contribution in [0.4, 0.5) is 23.0 Å². The second-order valence-electron chi connectivity index (χ2n) is 7.67. The number of carbonyl (C=O) groups excluding carboxylic acids is 1. The number of benzene rings is 3. The maximum absolute atomic E-state index is 12.2. The number of esters is 1. The summed E-state index contributed by atoms with van der Waals surface area (Å²) < 4.78 is 4.71. The molecule has 0 amide bonds. The Kier molecular flexibility index (Phi) is 7.27. The molecule has 1 aromatic heterocycles. The molecule has 4 aromatic rings. The zero-order valence-corrected chi connectivity index (χ0v) is 19.0. The number of anilines is 3. The molecule has 0 unspecified atom stereocenters. The number of methoxy groups -OCH3 is 1. The van der Waals surface area contributed by atoms with Gasteiger partial charge in [-0.15, -0.1) is 0 Å². The molecule has 1 N–H and O–H groups in total. The summed E-state index contributed by atoms with van der Waals surface area (Å²) in [6.07, 6.45) is 1.30. The highest BCUT2D eigenvalue weighted by molar-refractivity contribution is 5.90. The monoisotopic (exact) mass is 469 g/mol. The Labute approximate surface area is 202 Å². The van der Waals surface area contributed by atoms with E-state index in [1.165, 1.54) is 13.4 Å². The smallest absolute Gasteiger partial charge is 0.353 e. The molecule has 0 fully saturated rings. The van der Waals surface area contributed by atoms with Crippen LogP contribution in [0.1, 0.15) is 21.5 Å². The molecule has 176 valence electrons. The van der Waals surface area contributed by atoms with Gasteiger partial charge in [-0.3, -0.25) is 10.1 Å². The summed E-state index contributed by atoms with van der Waals surface area (Å²) in [5, 5.41) is 15.2. The van der Waals surface area contributed by atoms with Gasteiger partial charge in [0.25, 0.3) is 0 Å². The molecular formula is C26H23N5O4. The first kappa shape index (κ1) is 23.4. The highest BCUT2D eigenvalue weighted by atomic mass is 16.6. The third kappa shape index (κ3) is 5.77. The summed E-state index contributed by atoms with van der Waals surface area (Å²) in [7, 11) is 1.30. The van der Waals surface area contributed by atoms with Crippen LogP contribution in [0.5, 0.6) is 0 Å². The number of nitro groups is 1. The Bertz CT molecular complexity index is 1260. The van der Waals surface area contributed by atoms with Crippen molar-refractivity contribution in [2.75, 3.05) is 17.3 Å². The van der Waals surface area contributed by atoms with Gasteiger partial charge in [0.2, 0.25) is 11.6 Å². The first-order valence-electron chi connectivity index (χ1n) is 10.8. The summed E-state index contributed by atoms with van der Waals surface area (Å²) in [5.74, 6) is -0.215. The molecule has 0 radical (unpaired) electrons. The number of hydrogen-bond acceptors (Lipinski definition) is 8. The summed E-state index contributed by atoms with van der Waals surface area (Å²) >= 11 is 0. The molecule has 9 heteroatoms. The van der Waals surface area contributed by atoms with Gasteiger partial charge in [-0.05, 0) is 35.4 Å². The Morgan fingerprint density at radius 3 is 2.00 bits per heavy atom. The normalized spacial score (nSPS) is 10.4. The van der Waals surface area contributed by atoms with Crippen molar-refractivity contribution in [2.45, 2.75) is 13.1 Å². The van der Waals surface area contributed by atoms with Gasteiger partial charge in [0, 0.05) is 18.8 Å². The number of hydrogen-bond donors (Lipinski definition) is 1. The van der Waals surface area contributed by atoms with Crippen molar-refractivity contribution in [2.24, 2.45) is 0 Å². The molecule has 35 heavy (non-hydrogen) atoms. The predicted octanol–water partition coefficient (Wildman–Crippen LogP) is 5.12. The first-order valence-corrected chi connectivity index (χ1v) is 10.8. The maximum Gasteiger partial charge on any atom is 0.353 e. The van der Waals surface area contributed by atoms with Crippen molar-refractivity contribution < 1.29 is 14.5 Å². The van der Waals surface area contributed by atoms with Crippen molar-refractivity contribution >= 4 is 29.0 Å². The van der Waals surface area contributed by atoms with E-state index in [1.54, 1.807) is 24.3 Å². The van der Waals surface area contributed by atoms with E-state index >= 15 is 0 Å². The highest BCUT2D eigenvalue weighted by Gasteiger charge is 2.27. The number of nitrogens with one attached hydrogen (secondary N) is 1. The fraction of sp³-hybridized carbons (Fsp3) is 0.115. The average Bonchev–Trinajstić information content (AvgIpc) is 2.89. The van der Waals surface area contributed by atoms with Crippen molar-refractivity contribution in [3.63, 3.8) is 0 Å². The van der Waals surface area contributed by atoms with Gasteiger partial charge in [0.1, 0.15) is 6.33 Å². The van der Waals surface area contributed by atoms with Gasteiger partial charge >= 0.3 is 11.7 Å². The standard InChI is InChI=1S/C26H23N5O4/c1-35-26(32)21-12-14-22(15-13-21)29-24-23(31(33)34)25(28-18-27-24)30(16-19-8-4-2-5-9-19)17-20-10-6-3-7-11-20/h2-15,18H,16-17H2,1H3,(H,27,28,29). The van der Waals surface area contributed by atoms with Crippen molar-refractivity contribution in [1.29, 1.82) is 0 Å². The van der Waals surface area contributed by atoms with E-state index in [4.69, 9.17) is 4.74 Å². The van der Waals surface area contributed by atoms with Crippen LogP contribution in [0.3, 0.4) is 0 Å². The summed E-state index contributed by atoms with van der Waals surface area (Å²) in [5.41, 5.74) is 2.64. The van der Waals surface area contributed by atoms with Crippen LogP contribution in [0.2, 0.25) is 0 Å². The second kappa shape index (κ2) is 10.9. The van der Waals surface area contributed by atoms with Crippen LogP contribution in [-0.4, -0.2) is 28.0 Å². The molecule has 0 spiro atoms. The quantitative estimate of drug-likeness (QED) is 0.204. The molecule has 9 nitrogen and oxygen atoms in total. The molecule has 1 heterocycles. The minimum absolute atomic E-state index is 0.0527. The lowest BCUT2D eigenvalue weighted by Crippen LogP contribution is -2.24. The number of ether oxygens (including phenoxy) is 1. The molecular weight excluding hydrogens is 446 g/mol. The van der Waals surface area contributed by atoms with E-state index in [2.05, 4.69) is 15.3 Å². The number of carbonyl (C=O) groups is 1. The van der Waals surface area contributed by atoms with Crippen LogP contribution in [0.15, 0.2) is 91.3 Å². The Balaban J connectivity index is 1.71. The first-order chi connectivity index (χ1) is 17.0. The zero-order valence-electron chi connectivity index (χ0n) is 19.0. The summed E-state index contributed by atoms with van der Waals surface area (Å²) in [4.78, 5) is 33.7. The minimum atomic E-state index is -0.483. The van der Waals surface area contributed by atoms with Gasteiger partial charge in [-0.25, -0.2) is 14.8 Å². The van der Waals surface area contributed by atoms with Crippen LogP contribution < -0.4 is 10.2 Å². The van der Waals surface area contributed by atoms with E-state index in [0.29, 0.717) is 24.3 Å². The average molecular weight is 470 g/mol. The fourth-order valence-corrected chi connectivity index (χ4v) is 3.62. The number of nitrogens with zero attached hydrogens (tertiary/aromatic N) is 4. The lowest BCUT2D eigenvalue weighted by Gasteiger charge is -2.24. The lowest BCUT2D eigenvalue weighted by molar-refractivity contribution is -0.383. The SMILES string of the molecule is COC(=O)c1ccc(Nc2ncnc(N(Cc3ccccc3)Cc3ccccc3)c2[N+](=O)[O-])cc1. The van der Waals surface area contributed by atoms with Gasteiger partial charge in [-0.2, -0.15) is 0 Å². The van der Waals surface area contributed by atoms with Crippen molar-refractivity contribution in [3.05, 3.63) is 118 Å². The van der Waals surface area contributed by atoms with Gasteiger partial charge in [0.15, 0.2) is 0 Å². The molecule has 0 bridgehead atoms. The Morgan fingerprint density at radius 2 is 1.49 bits per heavy atom. The van der Waals surface area contributed by atoms with Crippen LogP contribution in [-0.2, 0) is 17.8 Å². The van der Waals surface area contributed by atoms with Gasteiger partial charge in [0.05, 0.1) is 17.6 Å². The molecule has 0 aliphatic carbocycles. The van der Waals surface area contributed by atoms with Crippen LogP contribution in [0, 0.1) is 10.1 Å². The van der Waals surface area contributed by atoms with E-state index in [1.807, 2.05) is 65.6 Å². The second-order valence-corrected chi connectivity index (χ2v) is 7.67. The maximum atomic E-state index is 12.2. The Morgan fingerprint density at radius 1 is 0.914 bits per heavy atom. The fourth-order valence-electron chi connectivity index (χ4n) is 3.62. The van der Waals surface area contributed by atoms with Gasteiger partial charge in [-0.1, -0.05) is 60.7 Å². The predicted molar refractivity (Wildman–Crippen MR) is 133 cm³/mol. The largest absolute Gasteiger partial charge is 0.465 e. The van der Waals surface area contributed by atoms with E-state index < -0.39 is 10.9 Å². The van der Waals surface area contributed by atoms with Gasteiger partial charge < -0.3 is 15.0 Å². The molecule has 4 rings (SSSR count). The molecule has 0 aliphatic heterocycles. The molecule has 0 saturated heterocycles. The van der Waals surface area contributed by atoms with Crippen molar-refractivity contribution in [3.8, 4) is 0 Å². The van der Waals surface area contributed by atoms with Crippen LogP contribution in [0.25, 0.3) is 0 Å². The van der Waals surface area contributed by atoms with Crippen molar-refractivity contribution in [1.82, 2.24) is 9.97 Å². The summed E-state index contributed by atoms with van der Waals surface area (Å²) in [6.45, 7) is 0.835. The lowest BCUT2D eigenvalue weighted by atomic mass is 10.1. The topological polar surface area (TPSA) is 110 Å². The third-order valence-corrected chi connectivity index (χ3v) is 5.29. The highest BCUT2D eigenvalue weighted by Crippen LogP contribution is 2.35. The van der Waals surface area contributed by atoms with E-state index in [9.17, 15) is 14.9 Å². The summed E-state index contributed by atoms with van der Waals surface area (Å²) in [6, 6.07) is 25.8. The Hall–Kier alpha value is -4.79. The molecule has 3 aromatic carbocycles. The molecule has 0 atom stereocenters. The minimum Gasteiger partial charge on any atom is -0.465 e. The third-order valence-electron chi connectivity index (χ3n) is 5.29. The number of rotatable bonds is 9. The van der Waals surface area contributed by atoms with E-state index in [0.717, 1.165) is 11.1 Å². The zero-order chi connectivity index (χ0) is 24.6.